The number of hydrogen-bond donors (Lipinski definition) is 1. The molecular formula is C11H20N2. The Morgan fingerprint density at radius 3 is 2.54 bits per heavy atom. The first-order chi connectivity index (χ1) is 6.15. The van der Waals surface area contributed by atoms with Gasteiger partial charge in [0.25, 0.3) is 0 Å². The van der Waals surface area contributed by atoms with Gasteiger partial charge in [0.1, 0.15) is 0 Å². The van der Waals surface area contributed by atoms with Crippen molar-refractivity contribution in [3.63, 3.8) is 0 Å². The third-order valence-electron chi connectivity index (χ3n) is 2.34. The number of nitrogens with zero attached hydrogens (tertiary/aromatic N) is 1. The van der Waals surface area contributed by atoms with Gasteiger partial charge >= 0.3 is 0 Å². The van der Waals surface area contributed by atoms with E-state index in [1.165, 1.54) is 5.56 Å². The molecule has 0 aliphatic carbocycles. The molecule has 0 aromatic carbocycles. The maximum absolute atomic E-state index is 3.40. The number of aromatic nitrogens is 1. The van der Waals surface area contributed by atoms with E-state index in [1.54, 1.807) is 0 Å². The number of rotatable bonds is 4. The van der Waals surface area contributed by atoms with E-state index in [2.05, 4.69) is 56.0 Å². The molecule has 1 heterocycles. The fourth-order valence-corrected chi connectivity index (χ4v) is 1.43. The summed E-state index contributed by atoms with van der Waals surface area (Å²) in [4.78, 5) is 0. The Labute approximate surface area is 81.0 Å². The Bertz CT molecular complexity index is 250. The second-order valence-electron chi connectivity index (χ2n) is 3.77. The van der Waals surface area contributed by atoms with Gasteiger partial charge in [0, 0.05) is 24.5 Å². The minimum atomic E-state index is 0.463. The van der Waals surface area contributed by atoms with Crippen LogP contribution in [0.2, 0.25) is 0 Å². The van der Waals surface area contributed by atoms with Crippen LogP contribution < -0.4 is 5.32 Å². The summed E-state index contributed by atoms with van der Waals surface area (Å²) < 4.78 is 2.24. The minimum Gasteiger partial charge on any atom is -0.351 e. The average molecular weight is 180 g/mol. The molecule has 1 N–H and O–H groups in total. The van der Waals surface area contributed by atoms with Crippen LogP contribution in [0, 0.1) is 0 Å². The molecule has 0 spiro atoms. The van der Waals surface area contributed by atoms with E-state index < -0.39 is 0 Å². The highest BCUT2D eigenvalue weighted by atomic mass is 15.0. The second-order valence-corrected chi connectivity index (χ2v) is 3.77. The molecule has 0 fully saturated rings. The smallest absolute Gasteiger partial charge is 0.0306 e. The van der Waals surface area contributed by atoms with Crippen LogP contribution in [0.15, 0.2) is 18.5 Å². The first-order valence-electron chi connectivity index (χ1n) is 5.06. The second kappa shape index (κ2) is 4.47. The zero-order chi connectivity index (χ0) is 9.84. The summed E-state index contributed by atoms with van der Waals surface area (Å²) in [5, 5.41) is 3.40. The number of nitrogens with one attached hydrogen (secondary N) is 1. The summed E-state index contributed by atoms with van der Waals surface area (Å²) in [7, 11) is 0. The van der Waals surface area contributed by atoms with Gasteiger partial charge in [-0.05, 0) is 38.9 Å². The van der Waals surface area contributed by atoms with E-state index in [0.29, 0.717) is 12.1 Å². The van der Waals surface area contributed by atoms with Crippen LogP contribution in [0.4, 0.5) is 0 Å². The van der Waals surface area contributed by atoms with Crippen molar-refractivity contribution in [2.75, 3.05) is 6.54 Å². The normalized spacial score (nSPS) is 13.6. The summed E-state index contributed by atoms with van der Waals surface area (Å²) in [6, 6.07) is 3.21. The lowest BCUT2D eigenvalue weighted by Crippen LogP contribution is -2.17. The first kappa shape index (κ1) is 10.3. The van der Waals surface area contributed by atoms with Crippen molar-refractivity contribution >= 4 is 0 Å². The highest BCUT2D eigenvalue weighted by Crippen LogP contribution is 2.15. The van der Waals surface area contributed by atoms with Crippen molar-refractivity contribution in [3.8, 4) is 0 Å². The Hall–Kier alpha value is -0.760. The zero-order valence-corrected chi connectivity index (χ0v) is 9.04. The summed E-state index contributed by atoms with van der Waals surface area (Å²) in [6.07, 6.45) is 4.37. The Kier molecular flexibility index (Phi) is 3.55. The molecule has 2 nitrogen and oxygen atoms in total. The molecule has 1 aromatic rings. The van der Waals surface area contributed by atoms with Crippen LogP contribution >= 0.6 is 0 Å². The van der Waals surface area contributed by atoms with E-state index in [1.807, 2.05) is 0 Å². The lowest BCUT2D eigenvalue weighted by molar-refractivity contribution is 0.579. The van der Waals surface area contributed by atoms with Gasteiger partial charge < -0.3 is 9.88 Å². The predicted molar refractivity (Wildman–Crippen MR) is 56.9 cm³/mol. The SMILES string of the molecule is CCN[C@H](C)c1ccn(C(C)C)c1. The molecule has 1 rings (SSSR count). The maximum atomic E-state index is 3.40. The Morgan fingerprint density at radius 2 is 2.08 bits per heavy atom. The minimum absolute atomic E-state index is 0.463. The predicted octanol–water partition coefficient (Wildman–Crippen LogP) is 2.74. The third kappa shape index (κ3) is 2.59. The summed E-state index contributed by atoms with van der Waals surface area (Å²) >= 11 is 0. The Morgan fingerprint density at radius 1 is 1.38 bits per heavy atom. The maximum Gasteiger partial charge on any atom is 0.0306 e. The van der Waals surface area contributed by atoms with Crippen LogP contribution in [0.25, 0.3) is 0 Å². The highest BCUT2D eigenvalue weighted by molar-refractivity contribution is 5.14. The van der Waals surface area contributed by atoms with Gasteiger partial charge in [-0.2, -0.15) is 0 Å². The van der Waals surface area contributed by atoms with Gasteiger partial charge in [-0.15, -0.1) is 0 Å². The number of hydrogen-bond acceptors (Lipinski definition) is 1. The van der Waals surface area contributed by atoms with Crippen molar-refractivity contribution in [2.24, 2.45) is 0 Å². The Balaban J connectivity index is 2.67. The third-order valence-corrected chi connectivity index (χ3v) is 2.34. The largest absolute Gasteiger partial charge is 0.351 e. The standard InChI is InChI=1S/C11H20N2/c1-5-12-10(4)11-6-7-13(8-11)9(2)3/h6-10,12H,5H2,1-4H3/t10-/m1/s1. The van der Waals surface area contributed by atoms with E-state index in [0.717, 1.165) is 6.54 Å². The van der Waals surface area contributed by atoms with Crippen LogP contribution in [-0.2, 0) is 0 Å². The highest BCUT2D eigenvalue weighted by Gasteiger charge is 2.05. The average Bonchev–Trinajstić information content (AvgIpc) is 2.52. The molecule has 0 amide bonds. The van der Waals surface area contributed by atoms with E-state index >= 15 is 0 Å². The zero-order valence-electron chi connectivity index (χ0n) is 9.04. The van der Waals surface area contributed by atoms with Crippen molar-refractivity contribution < 1.29 is 0 Å². The van der Waals surface area contributed by atoms with Gasteiger partial charge in [0.15, 0.2) is 0 Å². The lowest BCUT2D eigenvalue weighted by atomic mass is 10.2. The molecule has 1 aromatic heterocycles. The topological polar surface area (TPSA) is 17.0 Å². The van der Waals surface area contributed by atoms with Gasteiger partial charge in [0.05, 0.1) is 0 Å². The van der Waals surface area contributed by atoms with Gasteiger partial charge in [-0.25, -0.2) is 0 Å². The fourth-order valence-electron chi connectivity index (χ4n) is 1.43. The summed E-state index contributed by atoms with van der Waals surface area (Å²) in [6.45, 7) is 9.75. The lowest BCUT2D eigenvalue weighted by Gasteiger charge is -2.10. The molecule has 0 bridgehead atoms. The monoisotopic (exact) mass is 180 g/mol. The van der Waals surface area contributed by atoms with Gasteiger partial charge in [0.2, 0.25) is 0 Å². The van der Waals surface area contributed by atoms with Gasteiger partial charge in [-0.1, -0.05) is 6.92 Å². The molecule has 0 unspecified atom stereocenters. The molecule has 13 heavy (non-hydrogen) atoms. The van der Waals surface area contributed by atoms with Gasteiger partial charge in [-0.3, -0.25) is 0 Å². The molecule has 1 atom stereocenters. The molecule has 0 aliphatic heterocycles. The van der Waals surface area contributed by atoms with Crippen LogP contribution in [0.1, 0.15) is 45.3 Å². The molecule has 0 saturated carbocycles. The molecule has 0 radical (unpaired) electrons. The quantitative estimate of drug-likeness (QED) is 0.754. The molecular weight excluding hydrogens is 160 g/mol. The molecule has 0 aliphatic rings. The first-order valence-corrected chi connectivity index (χ1v) is 5.06. The molecule has 74 valence electrons. The summed E-state index contributed by atoms with van der Waals surface area (Å²) in [5.41, 5.74) is 1.37. The summed E-state index contributed by atoms with van der Waals surface area (Å²) in [5.74, 6) is 0. The fraction of sp³-hybridized carbons (Fsp3) is 0.636. The van der Waals surface area contributed by atoms with Crippen LogP contribution in [0.5, 0.6) is 0 Å². The molecule has 2 heteroatoms. The van der Waals surface area contributed by atoms with Crippen LogP contribution in [0.3, 0.4) is 0 Å². The van der Waals surface area contributed by atoms with E-state index in [4.69, 9.17) is 0 Å². The van der Waals surface area contributed by atoms with Crippen LogP contribution in [-0.4, -0.2) is 11.1 Å². The van der Waals surface area contributed by atoms with Crippen molar-refractivity contribution in [1.82, 2.24) is 9.88 Å². The molecule has 0 saturated heterocycles. The van der Waals surface area contributed by atoms with E-state index in [-0.39, 0.29) is 0 Å². The van der Waals surface area contributed by atoms with Crippen molar-refractivity contribution in [3.05, 3.63) is 24.0 Å². The van der Waals surface area contributed by atoms with Crippen molar-refractivity contribution in [1.29, 1.82) is 0 Å². The van der Waals surface area contributed by atoms with Crippen molar-refractivity contribution in [2.45, 2.75) is 39.8 Å². The van der Waals surface area contributed by atoms with E-state index in [9.17, 15) is 0 Å².